The topological polar surface area (TPSA) is 89.7 Å². The number of anilines is 1. The summed E-state index contributed by atoms with van der Waals surface area (Å²) in [4.78, 5) is 10.1. The Kier molecular flexibility index (Phi) is 8.37. The number of oxime groups is 1. The van der Waals surface area contributed by atoms with E-state index < -0.39 is 33.9 Å². The lowest BCUT2D eigenvalue weighted by Gasteiger charge is -2.23. The van der Waals surface area contributed by atoms with Crippen molar-refractivity contribution < 1.29 is 26.4 Å². The Morgan fingerprint density at radius 2 is 2.13 bits per heavy atom. The Hall–Kier alpha value is -2.25. The van der Waals surface area contributed by atoms with Crippen molar-refractivity contribution in [1.82, 2.24) is 14.8 Å². The molecule has 31 heavy (non-hydrogen) atoms. The van der Waals surface area contributed by atoms with E-state index in [9.17, 15) is 21.6 Å². The molecule has 170 valence electrons. The average Bonchev–Trinajstić information content (AvgIpc) is 3.08. The molecule has 8 nitrogen and oxygen atoms in total. The Balaban J connectivity index is 2.30. The van der Waals surface area contributed by atoms with Gasteiger partial charge >= 0.3 is 6.18 Å². The van der Waals surface area contributed by atoms with E-state index in [1.54, 1.807) is 37.6 Å². The van der Waals surface area contributed by atoms with Gasteiger partial charge in [0.15, 0.2) is 15.0 Å². The van der Waals surface area contributed by atoms with Crippen LogP contribution in [0.25, 0.3) is 5.69 Å². The van der Waals surface area contributed by atoms with Crippen LogP contribution in [0.3, 0.4) is 0 Å². The summed E-state index contributed by atoms with van der Waals surface area (Å²) in [5.74, 6) is -1.91. The summed E-state index contributed by atoms with van der Waals surface area (Å²) < 4.78 is 63.2. The number of hydrogen-bond acceptors (Lipinski definition) is 7. The fraction of sp³-hybridized carbons (Fsp3) is 0.412. The van der Waals surface area contributed by atoms with Crippen LogP contribution in [0.1, 0.15) is 13.3 Å². The van der Waals surface area contributed by atoms with Gasteiger partial charge in [-0.05, 0) is 19.1 Å². The molecule has 0 bridgehead atoms. The Morgan fingerprint density at radius 3 is 2.68 bits per heavy atom. The first-order valence-electron chi connectivity index (χ1n) is 8.82. The minimum absolute atomic E-state index is 0.0624. The highest BCUT2D eigenvalue weighted by Gasteiger charge is 2.32. The fourth-order valence-electron chi connectivity index (χ4n) is 2.51. The van der Waals surface area contributed by atoms with Gasteiger partial charge in [0, 0.05) is 12.7 Å². The van der Waals surface area contributed by atoms with Crippen LogP contribution in [0.15, 0.2) is 35.9 Å². The number of sulfone groups is 1. The summed E-state index contributed by atoms with van der Waals surface area (Å²) >= 11 is 11.6. The van der Waals surface area contributed by atoms with Crippen LogP contribution in [-0.2, 0) is 14.7 Å². The molecule has 0 fully saturated rings. The number of pyridine rings is 1. The van der Waals surface area contributed by atoms with Crippen molar-refractivity contribution in [3.05, 3.63) is 35.9 Å². The fourth-order valence-corrected chi connectivity index (χ4v) is 4.47. The molecule has 0 aliphatic carbocycles. The molecule has 0 aliphatic rings. The lowest BCUT2D eigenvalue weighted by atomic mass is 10.3. The first kappa shape index (κ1) is 25.0. The number of thiocarbonyl (C=S) groups is 1. The second kappa shape index (κ2) is 10.4. The molecule has 2 heterocycles. The van der Waals surface area contributed by atoms with E-state index in [1.807, 2.05) is 0 Å². The van der Waals surface area contributed by atoms with E-state index in [2.05, 4.69) is 20.1 Å². The van der Waals surface area contributed by atoms with Gasteiger partial charge in [0.1, 0.15) is 23.5 Å². The molecule has 0 spiro atoms. The lowest BCUT2D eigenvalue weighted by molar-refractivity contribution is -0.129. The molecule has 0 saturated carbocycles. The summed E-state index contributed by atoms with van der Waals surface area (Å²) in [6, 6.07) is 3.46. The molecule has 0 atom stereocenters. The number of rotatable bonds is 9. The molecule has 0 saturated heterocycles. The molecule has 2 aromatic heterocycles. The summed E-state index contributed by atoms with van der Waals surface area (Å²) in [5, 5.41) is 7.90. The van der Waals surface area contributed by atoms with Crippen LogP contribution in [0, 0.1) is 0 Å². The first-order valence-corrected chi connectivity index (χ1v) is 11.4. The molecule has 2 aromatic rings. The number of halogens is 4. The van der Waals surface area contributed by atoms with Crippen molar-refractivity contribution in [3.8, 4) is 5.69 Å². The van der Waals surface area contributed by atoms with Crippen LogP contribution in [0.4, 0.5) is 18.9 Å². The minimum atomic E-state index is -4.60. The highest BCUT2D eigenvalue weighted by atomic mass is 35.5. The Labute approximate surface area is 187 Å². The van der Waals surface area contributed by atoms with E-state index in [0.717, 1.165) is 0 Å². The van der Waals surface area contributed by atoms with Crippen LogP contribution < -0.4 is 4.90 Å². The maximum atomic E-state index is 12.4. The summed E-state index contributed by atoms with van der Waals surface area (Å²) in [6.07, 6.45) is -1.35. The van der Waals surface area contributed by atoms with Gasteiger partial charge in [-0.2, -0.15) is 18.3 Å². The van der Waals surface area contributed by atoms with Crippen molar-refractivity contribution in [1.29, 1.82) is 0 Å². The van der Waals surface area contributed by atoms with E-state index >= 15 is 0 Å². The predicted molar refractivity (Wildman–Crippen MR) is 116 cm³/mol. The summed E-state index contributed by atoms with van der Waals surface area (Å²) in [6.45, 7) is 1.98. The van der Waals surface area contributed by atoms with E-state index in [0.29, 0.717) is 11.4 Å². The van der Waals surface area contributed by atoms with Crippen molar-refractivity contribution in [2.24, 2.45) is 5.16 Å². The van der Waals surface area contributed by atoms with Gasteiger partial charge in [-0.1, -0.05) is 29.0 Å². The quantitative estimate of drug-likeness (QED) is 0.298. The van der Waals surface area contributed by atoms with Crippen molar-refractivity contribution in [2.75, 3.05) is 30.1 Å². The van der Waals surface area contributed by atoms with Gasteiger partial charge in [-0.15, -0.1) is 0 Å². The van der Waals surface area contributed by atoms with Crippen LogP contribution in [0.5, 0.6) is 0 Å². The van der Waals surface area contributed by atoms with E-state index in [-0.39, 0.29) is 22.4 Å². The van der Waals surface area contributed by atoms with Crippen molar-refractivity contribution in [2.45, 2.75) is 19.5 Å². The number of alkyl halides is 3. The van der Waals surface area contributed by atoms with Crippen LogP contribution in [-0.4, -0.2) is 65.2 Å². The van der Waals surface area contributed by atoms with Gasteiger partial charge in [-0.25, -0.2) is 13.1 Å². The zero-order chi connectivity index (χ0) is 23.2. The third-order valence-corrected chi connectivity index (χ3v) is 6.18. The molecular formula is C17H19ClF3N5O3S2. The molecule has 0 amide bonds. The van der Waals surface area contributed by atoms with Gasteiger partial charge in [0.05, 0.1) is 36.0 Å². The maximum absolute atomic E-state index is 12.4. The second-order valence-corrected chi connectivity index (χ2v) is 9.12. The smallest absolute Gasteiger partial charge is 0.390 e. The van der Waals surface area contributed by atoms with E-state index in [1.165, 1.54) is 16.7 Å². The Bertz CT molecular complexity index is 1040. The highest BCUT2D eigenvalue weighted by molar-refractivity contribution is 7.92. The summed E-state index contributed by atoms with van der Waals surface area (Å²) in [5.41, 5.74) is 0.763. The molecule has 0 unspecified atom stereocenters. The van der Waals surface area contributed by atoms with Gasteiger partial charge < -0.3 is 9.74 Å². The van der Waals surface area contributed by atoms with E-state index in [4.69, 9.17) is 23.8 Å². The third kappa shape index (κ3) is 7.14. The normalized spacial score (nSPS) is 12.6. The lowest BCUT2D eigenvalue weighted by Crippen LogP contribution is -2.39. The SMILES string of the molecule is CCN(C(=S)/C(CS(=O)(=O)CCC(F)(F)F)=N\OC)c1cn(-c2cccnc2)nc1Cl. The molecule has 0 aromatic carbocycles. The van der Waals surface area contributed by atoms with Crippen molar-refractivity contribution in [3.63, 3.8) is 0 Å². The molecule has 0 radical (unpaired) electrons. The third-order valence-electron chi connectivity index (χ3n) is 3.92. The maximum Gasteiger partial charge on any atom is 0.390 e. The number of hydrogen-bond donors (Lipinski definition) is 0. The Morgan fingerprint density at radius 1 is 1.42 bits per heavy atom. The molecule has 0 aliphatic heterocycles. The van der Waals surface area contributed by atoms with Crippen molar-refractivity contribution >= 4 is 50.0 Å². The number of nitrogens with zero attached hydrogens (tertiary/aromatic N) is 5. The zero-order valence-corrected chi connectivity index (χ0v) is 18.9. The monoisotopic (exact) mass is 497 g/mol. The minimum Gasteiger partial charge on any atom is -0.399 e. The second-order valence-electron chi connectivity index (χ2n) is 6.19. The van der Waals surface area contributed by atoms with Gasteiger partial charge in [0.25, 0.3) is 0 Å². The van der Waals surface area contributed by atoms with Crippen LogP contribution in [0.2, 0.25) is 5.15 Å². The highest BCUT2D eigenvalue weighted by Crippen LogP contribution is 2.27. The molecule has 2 rings (SSSR count). The first-order chi connectivity index (χ1) is 14.5. The molecule has 14 heteroatoms. The van der Waals surface area contributed by atoms with Gasteiger partial charge in [-0.3, -0.25) is 4.98 Å². The molecular weight excluding hydrogens is 479 g/mol. The largest absolute Gasteiger partial charge is 0.399 e. The standard InChI is InChI=1S/C17H19ClF3N5O3S2/c1-3-25(14-10-26(23-15(14)18)12-5-4-7-22-9-12)16(30)13(24-29-2)11-31(27,28)8-6-17(19,20)21/h4-5,7,9-10H,3,6,8,11H2,1-2H3/b24-13-. The van der Waals surface area contributed by atoms with Crippen LogP contribution >= 0.6 is 23.8 Å². The molecule has 0 N–H and O–H groups in total. The number of aromatic nitrogens is 3. The predicted octanol–water partition coefficient (Wildman–Crippen LogP) is 3.44. The average molecular weight is 498 g/mol. The summed E-state index contributed by atoms with van der Waals surface area (Å²) in [7, 11) is -2.98. The van der Waals surface area contributed by atoms with Gasteiger partial charge in [0.2, 0.25) is 0 Å². The zero-order valence-electron chi connectivity index (χ0n) is 16.5.